The highest BCUT2D eigenvalue weighted by Crippen LogP contribution is 2.38. The van der Waals surface area contributed by atoms with Gasteiger partial charge in [-0.15, -0.1) is 0 Å². The highest BCUT2D eigenvalue weighted by Gasteiger charge is 2.40. The SMILES string of the molecule is CCOC(=O)c1ncc(C(=O)N2CCC(O[Si](C)(C)C(C)(C)C)CC2)[nH]1. The zero-order chi connectivity index (χ0) is 19.5. The maximum atomic E-state index is 12.6. The van der Waals surface area contributed by atoms with Crippen LogP contribution in [0.4, 0.5) is 0 Å². The van der Waals surface area contributed by atoms with Crippen molar-refractivity contribution in [2.24, 2.45) is 0 Å². The molecular formula is C18H31N3O4Si. The molecule has 0 saturated carbocycles. The van der Waals surface area contributed by atoms with Crippen LogP contribution >= 0.6 is 0 Å². The molecular weight excluding hydrogens is 350 g/mol. The lowest BCUT2D eigenvalue weighted by molar-refractivity contribution is 0.0513. The quantitative estimate of drug-likeness (QED) is 0.625. The number of H-pyrrole nitrogens is 1. The third-order valence-electron chi connectivity index (χ3n) is 5.27. The van der Waals surface area contributed by atoms with Crippen molar-refractivity contribution < 1.29 is 18.8 Å². The molecule has 8 heteroatoms. The lowest BCUT2D eigenvalue weighted by atomic mass is 10.1. The van der Waals surface area contributed by atoms with Crippen molar-refractivity contribution >= 4 is 20.2 Å². The lowest BCUT2D eigenvalue weighted by Crippen LogP contribution is -2.48. The summed E-state index contributed by atoms with van der Waals surface area (Å²) in [6, 6.07) is 0. The normalized spacial score (nSPS) is 16.6. The van der Waals surface area contributed by atoms with Gasteiger partial charge in [-0.25, -0.2) is 9.78 Å². The van der Waals surface area contributed by atoms with Crippen LogP contribution in [-0.4, -0.2) is 60.9 Å². The van der Waals surface area contributed by atoms with Gasteiger partial charge in [-0.05, 0) is 37.9 Å². The maximum Gasteiger partial charge on any atom is 0.374 e. The zero-order valence-corrected chi connectivity index (χ0v) is 17.7. The second kappa shape index (κ2) is 7.92. The monoisotopic (exact) mass is 381 g/mol. The molecule has 1 aromatic heterocycles. The van der Waals surface area contributed by atoms with E-state index in [1.807, 2.05) is 0 Å². The van der Waals surface area contributed by atoms with E-state index >= 15 is 0 Å². The van der Waals surface area contributed by atoms with Crippen molar-refractivity contribution in [3.8, 4) is 0 Å². The number of nitrogens with zero attached hydrogens (tertiary/aromatic N) is 2. The Labute approximate surface area is 156 Å². The molecule has 1 amide bonds. The van der Waals surface area contributed by atoms with Crippen molar-refractivity contribution in [3.05, 3.63) is 17.7 Å². The molecule has 2 heterocycles. The van der Waals surface area contributed by atoms with Crippen LogP contribution in [0.5, 0.6) is 0 Å². The Kier molecular flexibility index (Phi) is 6.28. The highest BCUT2D eigenvalue weighted by atomic mass is 28.4. The molecule has 1 aliphatic rings. The average molecular weight is 382 g/mol. The van der Waals surface area contributed by atoms with Crippen LogP contribution in [0.25, 0.3) is 0 Å². The third kappa shape index (κ3) is 4.73. The Morgan fingerprint density at radius 3 is 2.46 bits per heavy atom. The topological polar surface area (TPSA) is 84.5 Å². The minimum Gasteiger partial charge on any atom is -0.460 e. The van der Waals surface area contributed by atoms with Crippen molar-refractivity contribution in [1.29, 1.82) is 0 Å². The van der Waals surface area contributed by atoms with E-state index in [2.05, 4.69) is 43.8 Å². The number of aromatic amines is 1. The molecule has 0 radical (unpaired) electrons. The van der Waals surface area contributed by atoms with Crippen LogP contribution in [0.15, 0.2) is 6.20 Å². The number of hydrogen-bond donors (Lipinski definition) is 1. The van der Waals surface area contributed by atoms with Crippen LogP contribution in [0.2, 0.25) is 18.1 Å². The van der Waals surface area contributed by atoms with Gasteiger partial charge in [-0.2, -0.15) is 0 Å². The van der Waals surface area contributed by atoms with Gasteiger partial charge in [0.25, 0.3) is 5.91 Å². The summed E-state index contributed by atoms with van der Waals surface area (Å²) >= 11 is 0. The molecule has 0 bridgehead atoms. The number of ether oxygens (including phenoxy) is 1. The van der Waals surface area contributed by atoms with Gasteiger partial charge in [0.2, 0.25) is 5.82 Å². The molecule has 146 valence electrons. The Hall–Kier alpha value is -1.67. The van der Waals surface area contributed by atoms with Gasteiger partial charge >= 0.3 is 5.97 Å². The van der Waals surface area contributed by atoms with Crippen molar-refractivity contribution in [2.75, 3.05) is 19.7 Å². The fourth-order valence-electron chi connectivity index (χ4n) is 2.67. The van der Waals surface area contributed by atoms with Crippen molar-refractivity contribution in [2.45, 2.75) is 64.8 Å². The summed E-state index contributed by atoms with van der Waals surface area (Å²) in [5.74, 6) is -0.627. The number of esters is 1. The maximum absolute atomic E-state index is 12.6. The minimum atomic E-state index is -1.79. The summed E-state index contributed by atoms with van der Waals surface area (Å²) in [6.07, 6.45) is 3.26. The number of hydrogen-bond acceptors (Lipinski definition) is 5. The van der Waals surface area contributed by atoms with Crippen LogP contribution < -0.4 is 0 Å². The predicted molar refractivity (Wildman–Crippen MR) is 102 cm³/mol. The summed E-state index contributed by atoms with van der Waals surface area (Å²) in [6.45, 7) is 14.5. The molecule has 2 rings (SSSR count). The van der Waals surface area contributed by atoms with Gasteiger partial charge in [0, 0.05) is 19.2 Å². The second-order valence-corrected chi connectivity index (χ2v) is 13.0. The molecule has 0 atom stereocenters. The smallest absolute Gasteiger partial charge is 0.374 e. The molecule has 0 aromatic carbocycles. The minimum absolute atomic E-state index is 0.0614. The highest BCUT2D eigenvalue weighted by molar-refractivity contribution is 6.74. The summed E-state index contributed by atoms with van der Waals surface area (Å²) in [4.78, 5) is 32.8. The first-order chi connectivity index (χ1) is 12.0. The van der Waals surface area contributed by atoms with E-state index in [0.29, 0.717) is 18.8 Å². The van der Waals surface area contributed by atoms with Gasteiger partial charge in [0.1, 0.15) is 5.69 Å². The number of nitrogens with one attached hydrogen (secondary N) is 1. The molecule has 1 aliphatic heterocycles. The molecule has 0 unspecified atom stereocenters. The zero-order valence-electron chi connectivity index (χ0n) is 16.7. The van der Waals surface area contributed by atoms with Gasteiger partial charge in [-0.1, -0.05) is 20.8 Å². The van der Waals surface area contributed by atoms with Gasteiger partial charge in [-0.3, -0.25) is 4.79 Å². The molecule has 1 N–H and O–H groups in total. The first kappa shape index (κ1) is 20.6. The second-order valence-electron chi connectivity index (χ2n) is 8.24. The Bertz CT molecular complexity index is 643. The standard InChI is InChI=1S/C18H31N3O4Si/c1-7-24-17(23)15-19-12-14(20-15)16(22)21-10-8-13(9-11-21)25-26(5,6)18(2,3)4/h12-13H,7-11H2,1-6H3,(H,19,20). The number of piperidine rings is 1. The van der Waals surface area contributed by atoms with E-state index < -0.39 is 14.3 Å². The Balaban J connectivity index is 1.91. The van der Waals surface area contributed by atoms with E-state index in [4.69, 9.17) is 9.16 Å². The average Bonchev–Trinajstić information content (AvgIpc) is 3.04. The summed E-state index contributed by atoms with van der Waals surface area (Å²) in [5, 5.41) is 0.180. The number of carbonyl (C=O) groups is 2. The first-order valence-electron chi connectivity index (χ1n) is 9.24. The van der Waals surface area contributed by atoms with E-state index in [1.54, 1.807) is 11.8 Å². The molecule has 1 fully saturated rings. The molecule has 0 aliphatic carbocycles. The molecule has 0 spiro atoms. The number of imidazole rings is 1. The molecule has 1 aromatic rings. The fourth-order valence-corrected chi connectivity index (χ4v) is 4.10. The summed E-state index contributed by atoms with van der Waals surface area (Å²) in [5.41, 5.74) is 0.316. The van der Waals surface area contributed by atoms with E-state index in [1.165, 1.54) is 6.20 Å². The van der Waals surface area contributed by atoms with Gasteiger partial charge in [0.05, 0.1) is 12.8 Å². The molecule has 7 nitrogen and oxygen atoms in total. The van der Waals surface area contributed by atoms with Crippen LogP contribution in [0, 0.1) is 0 Å². The van der Waals surface area contributed by atoms with Gasteiger partial charge < -0.3 is 19.0 Å². The number of amides is 1. The van der Waals surface area contributed by atoms with Crippen LogP contribution in [0.1, 0.15) is 61.6 Å². The first-order valence-corrected chi connectivity index (χ1v) is 12.1. The van der Waals surface area contributed by atoms with Crippen molar-refractivity contribution in [3.63, 3.8) is 0 Å². The Morgan fingerprint density at radius 2 is 1.92 bits per heavy atom. The van der Waals surface area contributed by atoms with Crippen LogP contribution in [-0.2, 0) is 9.16 Å². The van der Waals surface area contributed by atoms with E-state index in [9.17, 15) is 9.59 Å². The number of carbonyl (C=O) groups excluding carboxylic acids is 2. The largest absolute Gasteiger partial charge is 0.460 e. The van der Waals surface area contributed by atoms with Crippen molar-refractivity contribution in [1.82, 2.24) is 14.9 Å². The molecule has 26 heavy (non-hydrogen) atoms. The van der Waals surface area contributed by atoms with Gasteiger partial charge in [0.15, 0.2) is 8.32 Å². The summed E-state index contributed by atoms with van der Waals surface area (Å²) < 4.78 is 11.3. The fraction of sp³-hybridized carbons (Fsp3) is 0.722. The van der Waals surface area contributed by atoms with E-state index in [-0.39, 0.29) is 29.5 Å². The predicted octanol–water partition coefficient (Wildman–Crippen LogP) is 3.21. The Morgan fingerprint density at radius 1 is 1.31 bits per heavy atom. The summed E-state index contributed by atoms with van der Waals surface area (Å²) in [7, 11) is -1.79. The molecule has 1 saturated heterocycles. The number of aromatic nitrogens is 2. The lowest BCUT2D eigenvalue weighted by Gasteiger charge is -2.41. The van der Waals surface area contributed by atoms with E-state index in [0.717, 1.165) is 12.8 Å². The third-order valence-corrected chi connectivity index (χ3v) is 9.81. The van der Waals surface area contributed by atoms with Crippen LogP contribution in [0.3, 0.4) is 0 Å². The number of rotatable bonds is 5. The number of likely N-dealkylation sites (tertiary alicyclic amines) is 1.